The summed E-state index contributed by atoms with van der Waals surface area (Å²) in [5.74, 6) is 6.15. The van der Waals surface area contributed by atoms with E-state index < -0.39 is 5.97 Å². The van der Waals surface area contributed by atoms with Crippen molar-refractivity contribution in [1.82, 2.24) is 0 Å². The lowest BCUT2D eigenvalue weighted by Crippen LogP contribution is -2.10. The van der Waals surface area contributed by atoms with Gasteiger partial charge < -0.3 is 5.11 Å². The van der Waals surface area contributed by atoms with Gasteiger partial charge in [-0.25, -0.2) is 4.79 Å². The maximum atomic E-state index is 10.3. The molecule has 0 radical (unpaired) electrons. The molecule has 1 rings (SSSR count). The number of unbranched alkanes of at least 4 members (excludes halogenated alkanes) is 6. The molecule has 22 heavy (non-hydrogen) atoms. The van der Waals surface area contributed by atoms with E-state index in [9.17, 15) is 4.79 Å². The number of carboxylic acids is 1. The summed E-state index contributed by atoms with van der Waals surface area (Å²) in [4.78, 5) is 10.3. The van der Waals surface area contributed by atoms with Crippen LogP contribution in [0.1, 0.15) is 84.0 Å². The second kappa shape index (κ2) is 12.9. The molecule has 0 aromatic carbocycles. The molecule has 0 aromatic heterocycles. The highest BCUT2D eigenvalue weighted by atomic mass is 32.2. The second-order valence-corrected chi connectivity index (χ2v) is 7.71. The van der Waals surface area contributed by atoms with E-state index in [1.165, 1.54) is 70.0 Å². The van der Waals surface area contributed by atoms with E-state index in [0.29, 0.717) is 0 Å². The average molecular weight is 325 g/mol. The van der Waals surface area contributed by atoms with Gasteiger partial charge in [0.05, 0.1) is 0 Å². The largest absolute Gasteiger partial charge is 0.472 e. The predicted molar refractivity (Wildman–Crippen MR) is 96.2 cm³/mol. The monoisotopic (exact) mass is 324 g/mol. The molecule has 0 amide bonds. The molecule has 0 aliphatic heterocycles. The van der Waals surface area contributed by atoms with Crippen molar-refractivity contribution in [3.05, 3.63) is 0 Å². The summed E-state index contributed by atoms with van der Waals surface area (Å²) in [6.45, 7) is 2.27. The maximum Gasteiger partial charge on any atom is 0.381 e. The van der Waals surface area contributed by atoms with Crippen LogP contribution in [0.4, 0.5) is 0 Å². The molecule has 126 valence electrons. The molecule has 0 heterocycles. The van der Waals surface area contributed by atoms with Gasteiger partial charge >= 0.3 is 5.97 Å². The van der Waals surface area contributed by atoms with Gasteiger partial charge in [-0.15, -0.1) is 0 Å². The topological polar surface area (TPSA) is 37.3 Å². The number of carboxylic acid groups (broad SMARTS) is 1. The van der Waals surface area contributed by atoms with Crippen molar-refractivity contribution in [3.8, 4) is 11.8 Å². The first kappa shape index (κ1) is 19.4. The van der Waals surface area contributed by atoms with Gasteiger partial charge in [0.1, 0.15) is 0 Å². The van der Waals surface area contributed by atoms with Crippen molar-refractivity contribution in [3.63, 3.8) is 0 Å². The summed E-state index contributed by atoms with van der Waals surface area (Å²) in [5.41, 5.74) is 0. The van der Waals surface area contributed by atoms with Crippen LogP contribution in [0.3, 0.4) is 0 Å². The van der Waals surface area contributed by atoms with Crippen LogP contribution < -0.4 is 0 Å². The van der Waals surface area contributed by atoms with Crippen LogP contribution in [0.5, 0.6) is 0 Å². The van der Waals surface area contributed by atoms with Gasteiger partial charge in [-0.3, -0.25) is 0 Å². The van der Waals surface area contributed by atoms with Crippen LogP contribution in [0.2, 0.25) is 0 Å². The van der Waals surface area contributed by atoms with Gasteiger partial charge in [0.2, 0.25) is 0 Å². The van der Waals surface area contributed by atoms with Crippen LogP contribution in [-0.2, 0) is 4.79 Å². The molecule has 1 N–H and O–H groups in total. The normalized spacial score (nSPS) is 20.6. The SMILES string of the molecule is CCCCCCCS[C@H]1CCC[C@@H]1CCCCC#CC(=O)O. The molecule has 0 bridgehead atoms. The third-order valence-electron chi connectivity index (χ3n) is 4.49. The molecule has 0 saturated heterocycles. The number of hydrogen-bond donors (Lipinski definition) is 1. The predicted octanol–water partition coefficient (Wildman–Crippen LogP) is 5.51. The van der Waals surface area contributed by atoms with Crippen molar-refractivity contribution < 1.29 is 9.90 Å². The zero-order valence-electron chi connectivity index (χ0n) is 14.1. The summed E-state index contributed by atoms with van der Waals surface area (Å²) < 4.78 is 0. The first-order valence-corrected chi connectivity index (χ1v) is 10.1. The Hall–Kier alpha value is -0.620. The molecule has 1 fully saturated rings. The number of thioether (sulfide) groups is 1. The lowest BCUT2D eigenvalue weighted by atomic mass is 9.99. The Morgan fingerprint density at radius 3 is 2.73 bits per heavy atom. The molecule has 3 heteroatoms. The Morgan fingerprint density at radius 2 is 1.95 bits per heavy atom. The molecule has 1 saturated carbocycles. The molecular formula is C19H32O2S. The van der Waals surface area contributed by atoms with Crippen LogP contribution in [0.25, 0.3) is 0 Å². The summed E-state index contributed by atoms with van der Waals surface area (Å²) in [5, 5.41) is 9.34. The highest BCUT2D eigenvalue weighted by Gasteiger charge is 2.26. The number of rotatable bonds is 11. The minimum Gasteiger partial charge on any atom is -0.472 e. The van der Waals surface area contributed by atoms with Gasteiger partial charge in [0, 0.05) is 17.6 Å². The Kier molecular flexibility index (Phi) is 11.4. The first-order chi connectivity index (χ1) is 10.7. The van der Waals surface area contributed by atoms with Crippen LogP contribution >= 0.6 is 11.8 Å². The van der Waals surface area contributed by atoms with Crippen LogP contribution in [0, 0.1) is 17.8 Å². The number of hydrogen-bond acceptors (Lipinski definition) is 2. The van der Waals surface area contributed by atoms with Crippen LogP contribution in [0.15, 0.2) is 0 Å². The van der Waals surface area contributed by atoms with E-state index in [1.54, 1.807) is 0 Å². The van der Waals surface area contributed by atoms with Gasteiger partial charge in [0.25, 0.3) is 0 Å². The molecule has 2 atom stereocenters. The summed E-state index contributed by atoms with van der Waals surface area (Å²) in [6, 6.07) is 0. The summed E-state index contributed by atoms with van der Waals surface area (Å²) in [7, 11) is 0. The third-order valence-corrected chi connectivity index (χ3v) is 6.06. The standard InChI is InChI=1S/C19H32O2S/c1-2-3-4-7-10-16-22-18-14-11-13-17(18)12-8-5-6-9-15-19(20)21/h17-18H,2-8,10-14,16H2,1H3,(H,20,21)/t17-,18-/m0/s1. The average Bonchev–Trinajstić information content (AvgIpc) is 2.93. The zero-order valence-corrected chi connectivity index (χ0v) is 14.9. The molecule has 0 unspecified atom stereocenters. The lowest BCUT2D eigenvalue weighted by Gasteiger charge is -2.19. The van der Waals surface area contributed by atoms with E-state index >= 15 is 0 Å². The van der Waals surface area contributed by atoms with Gasteiger partial charge in [0.15, 0.2) is 0 Å². The summed E-state index contributed by atoms with van der Waals surface area (Å²) in [6.07, 6.45) is 15.4. The van der Waals surface area contributed by atoms with Crippen molar-refractivity contribution in [2.75, 3.05) is 5.75 Å². The number of carbonyl (C=O) groups is 1. The van der Waals surface area contributed by atoms with E-state index in [4.69, 9.17) is 5.11 Å². The van der Waals surface area contributed by atoms with Crippen molar-refractivity contribution in [1.29, 1.82) is 0 Å². The zero-order chi connectivity index (χ0) is 16.0. The van der Waals surface area contributed by atoms with Gasteiger partial charge in [-0.1, -0.05) is 51.4 Å². The van der Waals surface area contributed by atoms with E-state index in [1.807, 2.05) is 0 Å². The quantitative estimate of drug-likeness (QED) is 0.402. The molecule has 1 aliphatic rings. The fourth-order valence-electron chi connectivity index (χ4n) is 3.25. The highest BCUT2D eigenvalue weighted by Crippen LogP contribution is 2.38. The Labute approximate surface area is 140 Å². The van der Waals surface area contributed by atoms with Crippen molar-refractivity contribution >= 4 is 17.7 Å². The molecule has 2 nitrogen and oxygen atoms in total. The Bertz CT molecular complexity index is 356. The van der Waals surface area contributed by atoms with E-state index in [0.717, 1.165) is 24.0 Å². The van der Waals surface area contributed by atoms with Crippen molar-refractivity contribution in [2.45, 2.75) is 89.2 Å². The Morgan fingerprint density at radius 1 is 1.14 bits per heavy atom. The molecule has 0 aromatic rings. The fraction of sp³-hybridized carbons (Fsp3) is 0.842. The Balaban J connectivity index is 2.05. The minimum atomic E-state index is -1.01. The summed E-state index contributed by atoms with van der Waals surface area (Å²) >= 11 is 2.22. The van der Waals surface area contributed by atoms with E-state index in [-0.39, 0.29) is 0 Å². The molecule has 0 spiro atoms. The highest BCUT2D eigenvalue weighted by molar-refractivity contribution is 7.99. The van der Waals surface area contributed by atoms with Gasteiger partial charge in [-0.05, 0) is 43.8 Å². The second-order valence-electron chi connectivity index (χ2n) is 6.37. The first-order valence-electron chi connectivity index (χ1n) is 9.07. The van der Waals surface area contributed by atoms with E-state index in [2.05, 4.69) is 30.5 Å². The molecular weight excluding hydrogens is 292 g/mol. The third kappa shape index (κ3) is 9.41. The fourth-order valence-corrected chi connectivity index (χ4v) is 4.80. The molecule has 1 aliphatic carbocycles. The van der Waals surface area contributed by atoms with Crippen molar-refractivity contribution in [2.24, 2.45) is 5.92 Å². The maximum absolute atomic E-state index is 10.3. The smallest absolute Gasteiger partial charge is 0.381 e. The lowest BCUT2D eigenvalue weighted by molar-refractivity contribution is -0.130. The van der Waals surface area contributed by atoms with Crippen LogP contribution in [-0.4, -0.2) is 22.1 Å². The minimum absolute atomic E-state index is 0.730. The van der Waals surface area contributed by atoms with Gasteiger partial charge in [-0.2, -0.15) is 11.8 Å². The number of aliphatic carboxylic acids is 1.